The maximum Gasteiger partial charge on any atom is 0.293 e. The van der Waals surface area contributed by atoms with Crippen LogP contribution in [-0.2, 0) is 19.5 Å². The summed E-state index contributed by atoms with van der Waals surface area (Å²) in [6.45, 7) is 3.12. The van der Waals surface area contributed by atoms with Crippen LogP contribution in [0.5, 0.6) is 0 Å². The summed E-state index contributed by atoms with van der Waals surface area (Å²) in [7, 11) is 0. The first-order chi connectivity index (χ1) is 11.8. The van der Waals surface area contributed by atoms with Crippen molar-refractivity contribution in [1.82, 2.24) is 19.6 Å². The van der Waals surface area contributed by atoms with Crippen LogP contribution in [0.1, 0.15) is 40.6 Å². The lowest BCUT2D eigenvalue weighted by atomic mass is 10.0. The van der Waals surface area contributed by atoms with Crippen LogP contribution in [-0.4, -0.2) is 25.5 Å². The van der Waals surface area contributed by atoms with Crippen molar-refractivity contribution in [3.8, 4) is 0 Å². The van der Waals surface area contributed by atoms with E-state index in [0.717, 1.165) is 23.5 Å². The molecule has 3 heterocycles. The Bertz CT molecular complexity index is 853. The van der Waals surface area contributed by atoms with E-state index in [1.807, 2.05) is 48.4 Å². The maximum absolute atomic E-state index is 13.0. The molecule has 1 aliphatic rings. The van der Waals surface area contributed by atoms with E-state index in [0.29, 0.717) is 13.1 Å². The first-order valence-corrected chi connectivity index (χ1v) is 8.07. The topological polar surface area (TPSA) is 64.2 Å². The Morgan fingerprint density at radius 3 is 2.92 bits per heavy atom. The fraction of sp³-hybridized carbons (Fsp3) is 0.278. The van der Waals surface area contributed by atoms with Crippen LogP contribution in [0.25, 0.3) is 0 Å². The van der Waals surface area contributed by atoms with Gasteiger partial charge in [0.1, 0.15) is 5.82 Å². The molecule has 0 spiro atoms. The number of fused-ring (bicyclic) bond motifs is 1. The standard InChI is InChI=1S/C18H18N4O2/c1-2-14-10-16(24-20-14)18(23)22-12-17-19-8-9-21(17)11-15(22)13-6-4-3-5-7-13/h3-10,15H,2,11-12H2,1H3/t15-/m1/s1. The fourth-order valence-electron chi connectivity index (χ4n) is 3.10. The lowest BCUT2D eigenvalue weighted by molar-refractivity contribution is 0.0542. The predicted octanol–water partition coefficient (Wildman–Crippen LogP) is 2.83. The van der Waals surface area contributed by atoms with Crippen LogP contribution in [0, 0.1) is 0 Å². The molecular weight excluding hydrogens is 304 g/mol. The van der Waals surface area contributed by atoms with Crippen LogP contribution >= 0.6 is 0 Å². The third-order valence-corrected chi connectivity index (χ3v) is 4.44. The smallest absolute Gasteiger partial charge is 0.293 e. The minimum Gasteiger partial charge on any atom is -0.351 e. The highest BCUT2D eigenvalue weighted by atomic mass is 16.5. The number of carbonyl (C=O) groups is 1. The Morgan fingerprint density at radius 1 is 1.33 bits per heavy atom. The van der Waals surface area contributed by atoms with E-state index in [2.05, 4.69) is 14.7 Å². The van der Waals surface area contributed by atoms with Gasteiger partial charge >= 0.3 is 0 Å². The van der Waals surface area contributed by atoms with Crippen LogP contribution in [0.4, 0.5) is 0 Å². The molecule has 0 aliphatic carbocycles. The van der Waals surface area contributed by atoms with E-state index in [1.54, 1.807) is 12.3 Å². The van der Waals surface area contributed by atoms with E-state index >= 15 is 0 Å². The van der Waals surface area contributed by atoms with Gasteiger partial charge in [0, 0.05) is 25.0 Å². The number of aryl methyl sites for hydroxylation is 1. The molecule has 2 aromatic heterocycles. The van der Waals surface area contributed by atoms with E-state index in [1.165, 1.54) is 0 Å². The zero-order valence-corrected chi connectivity index (χ0v) is 13.4. The molecule has 122 valence electrons. The zero-order chi connectivity index (χ0) is 16.5. The summed E-state index contributed by atoms with van der Waals surface area (Å²) in [4.78, 5) is 19.2. The summed E-state index contributed by atoms with van der Waals surface area (Å²) < 4.78 is 7.35. The van der Waals surface area contributed by atoms with Crippen LogP contribution < -0.4 is 0 Å². The first kappa shape index (κ1) is 14.7. The molecule has 1 aromatic carbocycles. The van der Waals surface area contributed by atoms with Gasteiger partial charge in [0.15, 0.2) is 0 Å². The molecule has 0 saturated carbocycles. The molecule has 0 radical (unpaired) electrons. The second-order valence-corrected chi connectivity index (χ2v) is 5.89. The Hall–Kier alpha value is -2.89. The molecule has 6 heteroatoms. The van der Waals surface area contributed by atoms with E-state index in [4.69, 9.17) is 4.52 Å². The fourth-order valence-corrected chi connectivity index (χ4v) is 3.10. The monoisotopic (exact) mass is 322 g/mol. The van der Waals surface area contributed by atoms with Crippen molar-refractivity contribution in [3.05, 3.63) is 71.6 Å². The number of imidazole rings is 1. The predicted molar refractivity (Wildman–Crippen MR) is 87.2 cm³/mol. The highest BCUT2D eigenvalue weighted by molar-refractivity contribution is 5.91. The average Bonchev–Trinajstić information content (AvgIpc) is 3.29. The normalized spacial score (nSPS) is 16.9. The summed E-state index contributed by atoms with van der Waals surface area (Å²) in [5, 5.41) is 3.94. The first-order valence-electron chi connectivity index (χ1n) is 8.07. The van der Waals surface area contributed by atoms with Crippen molar-refractivity contribution in [2.75, 3.05) is 0 Å². The van der Waals surface area contributed by atoms with E-state index < -0.39 is 0 Å². The molecular formula is C18H18N4O2. The van der Waals surface area contributed by atoms with Crippen LogP contribution in [0.3, 0.4) is 0 Å². The summed E-state index contributed by atoms with van der Waals surface area (Å²) in [5.74, 6) is 1.02. The lowest BCUT2D eigenvalue weighted by Gasteiger charge is -2.35. The molecule has 1 aliphatic heterocycles. The van der Waals surface area contributed by atoms with E-state index in [-0.39, 0.29) is 17.7 Å². The van der Waals surface area contributed by atoms with Crippen molar-refractivity contribution >= 4 is 5.91 Å². The van der Waals surface area contributed by atoms with Crippen molar-refractivity contribution in [1.29, 1.82) is 0 Å². The number of benzene rings is 1. The van der Waals surface area contributed by atoms with Gasteiger partial charge in [0.2, 0.25) is 5.76 Å². The van der Waals surface area contributed by atoms with Gasteiger partial charge in [-0.2, -0.15) is 0 Å². The van der Waals surface area contributed by atoms with Gasteiger partial charge in [-0.1, -0.05) is 42.4 Å². The minimum atomic E-state index is -0.148. The molecule has 0 fully saturated rings. The molecule has 1 amide bonds. The second-order valence-electron chi connectivity index (χ2n) is 5.89. The van der Waals surface area contributed by atoms with Gasteiger partial charge in [-0.05, 0) is 12.0 Å². The quantitative estimate of drug-likeness (QED) is 0.744. The van der Waals surface area contributed by atoms with Crippen molar-refractivity contribution in [2.45, 2.75) is 32.5 Å². The van der Waals surface area contributed by atoms with Gasteiger partial charge in [0.05, 0.1) is 18.3 Å². The minimum absolute atomic E-state index is 0.0597. The van der Waals surface area contributed by atoms with Crippen LogP contribution in [0.15, 0.2) is 53.3 Å². The van der Waals surface area contributed by atoms with E-state index in [9.17, 15) is 4.79 Å². The Kier molecular flexibility index (Phi) is 3.65. The number of nitrogens with zero attached hydrogens (tertiary/aromatic N) is 4. The second kappa shape index (κ2) is 5.96. The molecule has 3 aromatic rings. The average molecular weight is 322 g/mol. The highest BCUT2D eigenvalue weighted by Crippen LogP contribution is 2.30. The number of rotatable bonds is 3. The van der Waals surface area contributed by atoms with Gasteiger partial charge in [-0.25, -0.2) is 4.98 Å². The Morgan fingerprint density at radius 2 is 2.17 bits per heavy atom. The lowest BCUT2D eigenvalue weighted by Crippen LogP contribution is -2.41. The summed E-state index contributed by atoms with van der Waals surface area (Å²) in [6.07, 6.45) is 4.47. The highest BCUT2D eigenvalue weighted by Gasteiger charge is 2.33. The van der Waals surface area contributed by atoms with Gasteiger partial charge in [0.25, 0.3) is 5.91 Å². The van der Waals surface area contributed by atoms with Crippen molar-refractivity contribution in [3.63, 3.8) is 0 Å². The summed E-state index contributed by atoms with van der Waals surface area (Å²) >= 11 is 0. The number of amides is 1. The summed E-state index contributed by atoms with van der Waals surface area (Å²) in [6, 6.07) is 11.7. The molecule has 6 nitrogen and oxygen atoms in total. The zero-order valence-electron chi connectivity index (χ0n) is 13.4. The molecule has 1 atom stereocenters. The van der Waals surface area contributed by atoms with Crippen molar-refractivity contribution in [2.24, 2.45) is 0 Å². The number of aromatic nitrogens is 3. The van der Waals surface area contributed by atoms with Crippen molar-refractivity contribution < 1.29 is 9.32 Å². The largest absolute Gasteiger partial charge is 0.351 e. The summed E-state index contributed by atoms with van der Waals surface area (Å²) in [5.41, 5.74) is 1.88. The number of carbonyl (C=O) groups excluding carboxylic acids is 1. The molecule has 0 unspecified atom stereocenters. The number of hydrogen-bond acceptors (Lipinski definition) is 4. The Labute approximate surface area is 139 Å². The molecule has 24 heavy (non-hydrogen) atoms. The van der Waals surface area contributed by atoms with Gasteiger partial charge in [-0.3, -0.25) is 4.79 Å². The number of hydrogen-bond donors (Lipinski definition) is 0. The molecule has 0 saturated heterocycles. The maximum atomic E-state index is 13.0. The molecule has 0 N–H and O–H groups in total. The SMILES string of the molecule is CCc1cc(C(=O)N2Cc3nccn3C[C@@H]2c2ccccc2)on1. The third kappa shape index (κ3) is 2.50. The van der Waals surface area contributed by atoms with Crippen LogP contribution in [0.2, 0.25) is 0 Å². The molecule has 0 bridgehead atoms. The third-order valence-electron chi connectivity index (χ3n) is 4.44. The van der Waals surface area contributed by atoms with Gasteiger partial charge in [-0.15, -0.1) is 0 Å². The van der Waals surface area contributed by atoms with Gasteiger partial charge < -0.3 is 14.0 Å². The molecule has 4 rings (SSSR count). The Balaban J connectivity index is 1.71.